The van der Waals surface area contributed by atoms with Crippen molar-refractivity contribution in [2.45, 2.75) is 51.2 Å². The summed E-state index contributed by atoms with van der Waals surface area (Å²) in [5, 5.41) is 9.55. The molecule has 0 aliphatic carbocycles. The third-order valence-electron chi connectivity index (χ3n) is 5.69. The van der Waals surface area contributed by atoms with Gasteiger partial charge in [-0.15, -0.1) is 0 Å². The Balaban J connectivity index is 1.64. The maximum Gasteiger partial charge on any atom is 0.134 e. The number of nitrogen functional groups attached to an aromatic ring is 1. The van der Waals surface area contributed by atoms with E-state index in [4.69, 9.17) is 5.73 Å². The largest absolute Gasteiger partial charge is 0.396 e. The van der Waals surface area contributed by atoms with Crippen molar-refractivity contribution in [3.05, 3.63) is 12.4 Å². The number of likely N-dealkylation sites (tertiary alicyclic amines) is 1. The molecule has 1 aromatic heterocycles. The number of rotatable bonds is 5. The van der Waals surface area contributed by atoms with Gasteiger partial charge in [-0.1, -0.05) is 0 Å². The standard InChI is InChI=1S/C18H32N6O/c1-14(2)22-6-3-15(4-7-22)24-9-8-23(12-16(24)5-10-25)18-11-17(19)20-13-21-18/h11,13-16,25H,3-10,12H2,1-2H3,(H2,19,20,21)/t16-/m0/s1. The van der Waals surface area contributed by atoms with Gasteiger partial charge in [-0.25, -0.2) is 9.97 Å². The normalized spacial score (nSPS) is 24.2. The van der Waals surface area contributed by atoms with Crippen LogP contribution in [0.25, 0.3) is 0 Å². The maximum atomic E-state index is 9.55. The Bertz CT molecular complexity index is 546. The highest BCUT2D eigenvalue weighted by atomic mass is 16.3. The molecule has 2 aliphatic heterocycles. The second-order valence-corrected chi connectivity index (χ2v) is 7.51. The number of anilines is 2. The lowest BCUT2D eigenvalue weighted by Crippen LogP contribution is -2.59. The predicted octanol–water partition coefficient (Wildman–Crippen LogP) is 0.805. The van der Waals surface area contributed by atoms with Crippen LogP contribution in [0.3, 0.4) is 0 Å². The van der Waals surface area contributed by atoms with Crippen molar-refractivity contribution in [2.75, 3.05) is 50.0 Å². The first-order valence-corrected chi connectivity index (χ1v) is 9.51. The van der Waals surface area contributed by atoms with Gasteiger partial charge in [0.2, 0.25) is 0 Å². The number of nitrogens with zero attached hydrogens (tertiary/aromatic N) is 5. The Labute approximate surface area is 150 Å². The lowest BCUT2D eigenvalue weighted by molar-refractivity contribution is 0.0463. The molecule has 0 spiro atoms. The molecule has 1 aromatic rings. The zero-order valence-electron chi connectivity index (χ0n) is 15.5. The van der Waals surface area contributed by atoms with E-state index >= 15 is 0 Å². The van der Waals surface area contributed by atoms with E-state index in [1.54, 1.807) is 0 Å². The summed E-state index contributed by atoms with van der Waals surface area (Å²) in [6.45, 7) is 9.99. The summed E-state index contributed by atoms with van der Waals surface area (Å²) in [7, 11) is 0. The van der Waals surface area contributed by atoms with Crippen molar-refractivity contribution in [3.8, 4) is 0 Å². The van der Waals surface area contributed by atoms with Gasteiger partial charge in [-0.2, -0.15) is 0 Å². The number of hydrogen-bond acceptors (Lipinski definition) is 7. The number of piperazine rings is 1. The van der Waals surface area contributed by atoms with Gasteiger partial charge in [0.1, 0.15) is 18.0 Å². The number of aromatic nitrogens is 2. The molecule has 7 heteroatoms. The second kappa shape index (κ2) is 8.29. The van der Waals surface area contributed by atoms with Gasteiger partial charge in [0.15, 0.2) is 0 Å². The molecule has 25 heavy (non-hydrogen) atoms. The van der Waals surface area contributed by atoms with Crippen molar-refractivity contribution < 1.29 is 5.11 Å². The van der Waals surface area contributed by atoms with Gasteiger partial charge < -0.3 is 20.6 Å². The molecule has 140 valence electrons. The highest BCUT2D eigenvalue weighted by molar-refractivity contribution is 5.46. The summed E-state index contributed by atoms with van der Waals surface area (Å²) in [4.78, 5) is 15.8. The summed E-state index contributed by atoms with van der Waals surface area (Å²) in [6.07, 6.45) is 4.78. The van der Waals surface area contributed by atoms with Crippen LogP contribution in [0.15, 0.2) is 12.4 Å². The molecule has 3 heterocycles. The van der Waals surface area contributed by atoms with Gasteiger partial charge in [0.25, 0.3) is 0 Å². The first-order chi connectivity index (χ1) is 12.1. The van der Waals surface area contributed by atoms with Crippen LogP contribution >= 0.6 is 0 Å². The number of aliphatic hydroxyl groups excluding tert-OH is 1. The minimum absolute atomic E-state index is 0.228. The summed E-state index contributed by atoms with van der Waals surface area (Å²) in [6, 6.07) is 3.47. The highest BCUT2D eigenvalue weighted by Gasteiger charge is 2.34. The Hall–Kier alpha value is -1.44. The van der Waals surface area contributed by atoms with Gasteiger partial charge in [-0.05, 0) is 46.2 Å². The number of piperidine rings is 1. The molecule has 3 N–H and O–H groups in total. The Morgan fingerprint density at radius 3 is 2.60 bits per heavy atom. The van der Waals surface area contributed by atoms with E-state index in [9.17, 15) is 5.11 Å². The van der Waals surface area contributed by atoms with Gasteiger partial charge in [0, 0.05) is 50.4 Å². The molecule has 3 rings (SSSR count). The highest BCUT2D eigenvalue weighted by Crippen LogP contribution is 2.26. The number of aliphatic hydroxyl groups is 1. The third-order valence-corrected chi connectivity index (χ3v) is 5.69. The van der Waals surface area contributed by atoms with Crippen molar-refractivity contribution in [1.82, 2.24) is 19.8 Å². The molecule has 0 bridgehead atoms. The van der Waals surface area contributed by atoms with E-state index in [-0.39, 0.29) is 6.61 Å². The Morgan fingerprint density at radius 1 is 1.20 bits per heavy atom. The van der Waals surface area contributed by atoms with Gasteiger partial charge in [-0.3, -0.25) is 4.90 Å². The van der Waals surface area contributed by atoms with Crippen molar-refractivity contribution >= 4 is 11.6 Å². The maximum absolute atomic E-state index is 9.55. The van der Waals surface area contributed by atoms with Crippen LogP contribution in [0.5, 0.6) is 0 Å². The summed E-state index contributed by atoms with van der Waals surface area (Å²) < 4.78 is 0. The van der Waals surface area contributed by atoms with Crippen LogP contribution in [0.1, 0.15) is 33.1 Å². The summed E-state index contributed by atoms with van der Waals surface area (Å²) in [5.74, 6) is 1.40. The van der Waals surface area contributed by atoms with Gasteiger partial charge in [0.05, 0.1) is 0 Å². The SMILES string of the molecule is CC(C)N1CCC(N2CCN(c3cc(N)ncn3)C[C@@H]2CCO)CC1. The van der Waals surface area contributed by atoms with E-state index in [0.29, 0.717) is 23.9 Å². The van der Waals surface area contributed by atoms with Crippen LogP contribution in [-0.2, 0) is 0 Å². The molecular formula is C18H32N6O. The zero-order valence-corrected chi connectivity index (χ0v) is 15.5. The molecule has 7 nitrogen and oxygen atoms in total. The molecular weight excluding hydrogens is 316 g/mol. The molecule has 2 saturated heterocycles. The number of nitrogens with two attached hydrogens (primary N) is 1. The second-order valence-electron chi connectivity index (χ2n) is 7.51. The van der Waals surface area contributed by atoms with Crippen LogP contribution in [0, 0.1) is 0 Å². The fraction of sp³-hybridized carbons (Fsp3) is 0.778. The van der Waals surface area contributed by atoms with Crippen LogP contribution in [0.2, 0.25) is 0 Å². The average molecular weight is 348 g/mol. The van der Waals surface area contributed by atoms with E-state index in [2.05, 4.69) is 38.5 Å². The molecule has 1 atom stereocenters. The van der Waals surface area contributed by atoms with Crippen molar-refractivity contribution in [1.29, 1.82) is 0 Å². The van der Waals surface area contributed by atoms with E-state index in [1.807, 2.05) is 6.07 Å². The molecule has 2 fully saturated rings. The smallest absolute Gasteiger partial charge is 0.134 e. The summed E-state index contributed by atoms with van der Waals surface area (Å²) >= 11 is 0. The fourth-order valence-corrected chi connectivity index (χ4v) is 4.23. The van der Waals surface area contributed by atoms with Crippen LogP contribution < -0.4 is 10.6 Å². The quantitative estimate of drug-likeness (QED) is 0.815. The monoisotopic (exact) mass is 348 g/mol. The Morgan fingerprint density at radius 2 is 1.96 bits per heavy atom. The van der Waals surface area contributed by atoms with Crippen LogP contribution in [0.4, 0.5) is 11.6 Å². The molecule has 2 aliphatic rings. The van der Waals surface area contributed by atoms with Crippen LogP contribution in [-0.4, -0.2) is 82.3 Å². The summed E-state index contributed by atoms with van der Waals surface area (Å²) in [5.41, 5.74) is 5.81. The van der Waals surface area contributed by atoms with E-state index in [1.165, 1.54) is 32.3 Å². The van der Waals surface area contributed by atoms with Crippen molar-refractivity contribution in [3.63, 3.8) is 0 Å². The lowest BCUT2D eigenvalue weighted by Gasteiger charge is -2.48. The van der Waals surface area contributed by atoms with Crippen molar-refractivity contribution in [2.24, 2.45) is 0 Å². The average Bonchev–Trinajstić information content (AvgIpc) is 2.62. The topological polar surface area (TPSA) is 81.8 Å². The minimum Gasteiger partial charge on any atom is -0.396 e. The molecule has 0 radical (unpaired) electrons. The predicted molar refractivity (Wildman–Crippen MR) is 101 cm³/mol. The molecule has 0 amide bonds. The Kier molecular flexibility index (Phi) is 6.09. The van der Waals surface area contributed by atoms with E-state index < -0.39 is 0 Å². The lowest BCUT2D eigenvalue weighted by atomic mass is 9.97. The third kappa shape index (κ3) is 4.40. The van der Waals surface area contributed by atoms with Gasteiger partial charge >= 0.3 is 0 Å². The van der Waals surface area contributed by atoms with E-state index in [0.717, 1.165) is 31.9 Å². The first-order valence-electron chi connectivity index (χ1n) is 9.51. The minimum atomic E-state index is 0.228. The molecule has 0 saturated carbocycles. The first kappa shape index (κ1) is 18.4. The molecule has 0 aromatic carbocycles. The zero-order chi connectivity index (χ0) is 17.8. The fourth-order valence-electron chi connectivity index (χ4n) is 4.23. The molecule has 0 unspecified atom stereocenters. The number of hydrogen-bond donors (Lipinski definition) is 2.